The van der Waals surface area contributed by atoms with Crippen LogP contribution in [-0.2, 0) is 9.53 Å². The van der Waals surface area contributed by atoms with Gasteiger partial charge in [0.2, 0.25) is 0 Å². The third-order valence-electron chi connectivity index (χ3n) is 3.09. The molecule has 13 heavy (non-hydrogen) atoms. The number of carbonyl (C=O) groups is 1. The molecule has 2 rings (SSSR count). The standard InChI is InChI=1S/C10H13BrO2/c1-13-9(12)8-3-5-10(11)4-2-7(8)6-10/h2-6H2,1H3. The van der Waals surface area contributed by atoms with E-state index in [1.807, 2.05) is 0 Å². The maximum Gasteiger partial charge on any atom is 0.333 e. The molecule has 2 nitrogen and oxygen atoms in total. The normalized spacial score (nSPS) is 32.2. The van der Waals surface area contributed by atoms with Crippen molar-refractivity contribution in [3.63, 3.8) is 0 Å². The van der Waals surface area contributed by atoms with Crippen molar-refractivity contribution >= 4 is 21.9 Å². The number of alkyl halides is 1. The van der Waals surface area contributed by atoms with Gasteiger partial charge in [0.05, 0.1) is 7.11 Å². The number of hydrogen-bond donors (Lipinski definition) is 0. The summed E-state index contributed by atoms with van der Waals surface area (Å²) < 4.78 is 5.07. The topological polar surface area (TPSA) is 26.3 Å². The smallest absolute Gasteiger partial charge is 0.333 e. The fourth-order valence-corrected chi connectivity index (χ4v) is 3.04. The van der Waals surface area contributed by atoms with Gasteiger partial charge in [-0.2, -0.15) is 0 Å². The summed E-state index contributed by atoms with van der Waals surface area (Å²) in [6, 6.07) is 0. The number of esters is 1. The summed E-state index contributed by atoms with van der Waals surface area (Å²) in [6.45, 7) is 0. The second-order valence-corrected chi connectivity index (χ2v) is 5.58. The first-order chi connectivity index (χ1) is 6.14. The lowest BCUT2D eigenvalue weighted by molar-refractivity contribution is -0.136. The summed E-state index contributed by atoms with van der Waals surface area (Å²) in [7, 11) is 1.46. The summed E-state index contributed by atoms with van der Waals surface area (Å²) in [5.74, 6) is -0.119. The summed E-state index contributed by atoms with van der Waals surface area (Å²) in [5, 5.41) is 0. The lowest BCUT2D eigenvalue weighted by Gasteiger charge is -2.25. The molecule has 0 heterocycles. The molecule has 0 amide bonds. The maximum absolute atomic E-state index is 11.4. The van der Waals surface area contributed by atoms with Gasteiger partial charge in [0, 0.05) is 9.90 Å². The third kappa shape index (κ3) is 1.54. The second kappa shape index (κ2) is 3.12. The van der Waals surface area contributed by atoms with Crippen LogP contribution in [0.5, 0.6) is 0 Å². The molecule has 0 spiro atoms. The van der Waals surface area contributed by atoms with Crippen LogP contribution in [0.4, 0.5) is 0 Å². The lowest BCUT2D eigenvalue weighted by Crippen LogP contribution is -2.21. The number of methoxy groups -OCH3 is 1. The van der Waals surface area contributed by atoms with Crippen molar-refractivity contribution in [1.29, 1.82) is 0 Å². The second-order valence-electron chi connectivity index (χ2n) is 3.90. The van der Waals surface area contributed by atoms with Gasteiger partial charge in [0.1, 0.15) is 0 Å². The summed E-state index contributed by atoms with van der Waals surface area (Å²) in [6.07, 6.45) is 5.23. The zero-order valence-corrected chi connectivity index (χ0v) is 9.32. The van der Waals surface area contributed by atoms with E-state index < -0.39 is 0 Å². The molecule has 1 unspecified atom stereocenters. The van der Waals surface area contributed by atoms with Crippen molar-refractivity contribution in [2.45, 2.75) is 36.4 Å². The Balaban J connectivity index is 2.26. The molecule has 2 aliphatic rings. The Morgan fingerprint density at radius 2 is 2.15 bits per heavy atom. The number of hydrogen-bond acceptors (Lipinski definition) is 2. The van der Waals surface area contributed by atoms with Gasteiger partial charge in [-0.3, -0.25) is 0 Å². The fraction of sp³-hybridized carbons (Fsp3) is 0.700. The average Bonchev–Trinajstić information content (AvgIpc) is 2.42. The molecule has 1 atom stereocenters. The largest absolute Gasteiger partial charge is 0.466 e. The van der Waals surface area contributed by atoms with Gasteiger partial charge < -0.3 is 4.74 Å². The highest BCUT2D eigenvalue weighted by Gasteiger charge is 2.40. The molecule has 1 fully saturated rings. The fourth-order valence-electron chi connectivity index (χ4n) is 2.30. The summed E-state index contributed by atoms with van der Waals surface area (Å²) >= 11 is 3.75. The van der Waals surface area contributed by atoms with Crippen LogP contribution in [0, 0.1) is 0 Å². The molecule has 72 valence electrons. The molecular formula is C10H13BrO2. The van der Waals surface area contributed by atoms with E-state index in [1.165, 1.54) is 19.1 Å². The van der Waals surface area contributed by atoms with E-state index in [0.29, 0.717) is 4.32 Å². The summed E-state index contributed by atoms with van der Waals surface area (Å²) in [4.78, 5) is 11.4. The first-order valence-corrected chi connectivity index (χ1v) is 5.42. The van der Waals surface area contributed by atoms with E-state index in [9.17, 15) is 4.79 Å². The molecule has 0 radical (unpaired) electrons. The number of halogens is 1. The van der Waals surface area contributed by atoms with Crippen molar-refractivity contribution < 1.29 is 9.53 Å². The first kappa shape index (κ1) is 9.25. The SMILES string of the molecule is COC(=O)C1=C2CCC(Br)(CC1)C2. The van der Waals surface area contributed by atoms with Crippen LogP contribution in [0.25, 0.3) is 0 Å². The van der Waals surface area contributed by atoms with Crippen LogP contribution < -0.4 is 0 Å². The monoisotopic (exact) mass is 244 g/mol. The molecule has 1 saturated carbocycles. The van der Waals surface area contributed by atoms with Crippen molar-refractivity contribution in [2.75, 3.05) is 7.11 Å². The lowest BCUT2D eigenvalue weighted by atomic mass is 9.90. The molecule has 0 aromatic carbocycles. The molecular weight excluding hydrogens is 232 g/mol. The van der Waals surface area contributed by atoms with Crippen LogP contribution >= 0.6 is 15.9 Å². The summed E-state index contributed by atoms with van der Waals surface area (Å²) in [5.41, 5.74) is 2.25. The maximum atomic E-state index is 11.4. The van der Waals surface area contributed by atoms with E-state index >= 15 is 0 Å². The zero-order chi connectivity index (χ0) is 9.47. The van der Waals surface area contributed by atoms with Gasteiger partial charge in [-0.15, -0.1) is 0 Å². The number of fused-ring (bicyclic) bond motifs is 2. The Morgan fingerprint density at radius 1 is 1.46 bits per heavy atom. The minimum atomic E-state index is -0.119. The Labute approximate surface area is 86.5 Å². The number of allylic oxidation sites excluding steroid dienone is 1. The van der Waals surface area contributed by atoms with E-state index in [2.05, 4.69) is 15.9 Å². The van der Waals surface area contributed by atoms with Crippen molar-refractivity contribution in [3.05, 3.63) is 11.1 Å². The Bertz CT molecular complexity index is 283. The highest BCUT2D eigenvalue weighted by atomic mass is 79.9. The van der Waals surface area contributed by atoms with Gasteiger partial charge in [0.25, 0.3) is 0 Å². The molecule has 2 bridgehead atoms. The minimum absolute atomic E-state index is 0.119. The Hall–Kier alpha value is -0.310. The van der Waals surface area contributed by atoms with Gasteiger partial charge in [-0.25, -0.2) is 4.79 Å². The van der Waals surface area contributed by atoms with Crippen LogP contribution in [0.15, 0.2) is 11.1 Å². The number of carbonyl (C=O) groups excluding carboxylic acids is 1. The van der Waals surface area contributed by atoms with Crippen molar-refractivity contribution in [1.82, 2.24) is 0 Å². The van der Waals surface area contributed by atoms with E-state index in [4.69, 9.17) is 4.74 Å². The molecule has 0 aromatic rings. The van der Waals surface area contributed by atoms with Gasteiger partial charge in [-0.05, 0) is 32.1 Å². The van der Waals surface area contributed by atoms with E-state index in [0.717, 1.165) is 31.3 Å². The molecule has 2 aliphatic carbocycles. The van der Waals surface area contributed by atoms with E-state index in [-0.39, 0.29) is 5.97 Å². The van der Waals surface area contributed by atoms with Crippen molar-refractivity contribution in [3.8, 4) is 0 Å². The Morgan fingerprint density at radius 3 is 2.85 bits per heavy atom. The quantitative estimate of drug-likeness (QED) is 0.524. The zero-order valence-electron chi connectivity index (χ0n) is 7.73. The molecule has 0 aliphatic heterocycles. The molecule has 0 aromatic heterocycles. The number of rotatable bonds is 1. The molecule has 0 N–H and O–H groups in total. The first-order valence-electron chi connectivity index (χ1n) is 4.63. The van der Waals surface area contributed by atoms with Gasteiger partial charge >= 0.3 is 5.97 Å². The predicted octanol–water partition coefficient (Wildman–Crippen LogP) is 2.57. The minimum Gasteiger partial charge on any atom is -0.466 e. The van der Waals surface area contributed by atoms with Crippen LogP contribution in [0.1, 0.15) is 32.1 Å². The van der Waals surface area contributed by atoms with Crippen molar-refractivity contribution in [2.24, 2.45) is 0 Å². The molecule has 0 saturated heterocycles. The van der Waals surface area contributed by atoms with Gasteiger partial charge in [-0.1, -0.05) is 21.5 Å². The highest BCUT2D eigenvalue weighted by Crippen LogP contribution is 2.50. The number of ether oxygens (including phenoxy) is 1. The highest BCUT2D eigenvalue weighted by molar-refractivity contribution is 9.10. The van der Waals surface area contributed by atoms with Crippen LogP contribution in [-0.4, -0.2) is 17.4 Å². The Kier molecular flexibility index (Phi) is 2.22. The third-order valence-corrected chi connectivity index (χ3v) is 4.16. The van der Waals surface area contributed by atoms with E-state index in [1.54, 1.807) is 0 Å². The molecule has 3 heteroatoms. The van der Waals surface area contributed by atoms with Crippen LogP contribution in [0.3, 0.4) is 0 Å². The average molecular weight is 245 g/mol. The van der Waals surface area contributed by atoms with Gasteiger partial charge in [0.15, 0.2) is 0 Å². The predicted molar refractivity (Wildman–Crippen MR) is 53.8 cm³/mol. The van der Waals surface area contributed by atoms with Crippen LogP contribution in [0.2, 0.25) is 0 Å².